The Bertz CT molecular complexity index is 613. The van der Waals surface area contributed by atoms with Gasteiger partial charge in [0.2, 0.25) is 0 Å². The van der Waals surface area contributed by atoms with Gasteiger partial charge in [-0.15, -0.1) is 12.4 Å². The number of hydrogen-bond donors (Lipinski definition) is 2. The number of ether oxygens (including phenoxy) is 1. The second-order valence-corrected chi connectivity index (χ2v) is 7.85. The molecule has 1 aromatic rings. The molecule has 2 rings (SSSR count). The molecule has 0 aromatic heterocycles. The van der Waals surface area contributed by atoms with Gasteiger partial charge in [0.1, 0.15) is 0 Å². The van der Waals surface area contributed by atoms with Crippen molar-refractivity contribution in [3.63, 3.8) is 0 Å². The van der Waals surface area contributed by atoms with Crippen LogP contribution in [0.5, 0.6) is 0 Å². The average Bonchev–Trinajstić information content (AvgIpc) is 3.06. The van der Waals surface area contributed by atoms with Gasteiger partial charge in [-0.3, -0.25) is 4.79 Å². The quantitative estimate of drug-likeness (QED) is 0.713. The zero-order valence-corrected chi connectivity index (χ0v) is 15.4. The summed E-state index contributed by atoms with van der Waals surface area (Å²) >= 11 is 0. The minimum absolute atomic E-state index is 0. The van der Waals surface area contributed by atoms with E-state index in [-0.39, 0.29) is 35.6 Å². The number of methoxy groups -OCH3 is 1. The molecular weight excluding hydrogens is 352 g/mol. The lowest BCUT2D eigenvalue weighted by molar-refractivity contribution is 0.0951. The smallest absolute Gasteiger partial charge is 0.251 e. The van der Waals surface area contributed by atoms with Crippen LogP contribution in [-0.2, 0) is 14.6 Å². The Balaban J connectivity index is 0.00000288. The summed E-state index contributed by atoms with van der Waals surface area (Å²) in [5, 5.41) is 6.18. The Morgan fingerprint density at radius 3 is 2.62 bits per heavy atom. The third kappa shape index (κ3) is 6.05. The lowest BCUT2D eigenvalue weighted by atomic mass is 10.1. The van der Waals surface area contributed by atoms with E-state index in [1.165, 1.54) is 19.2 Å². The minimum Gasteiger partial charge on any atom is -0.384 e. The molecular formula is C16H25ClN2O4S. The molecule has 1 unspecified atom stereocenters. The summed E-state index contributed by atoms with van der Waals surface area (Å²) in [5.74, 6) is 0.394. The zero-order chi connectivity index (χ0) is 16.7. The van der Waals surface area contributed by atoms with Crippen LogP contribution in [0.2, 0.25) is 0 Å². The van der Waals surface area contributed by atoms with Crippen LogP contribution in [-0.4, -0.2) is 53.4 Å². The van der Waals surface area contributed by atoms with E-state index in [4.69, 9.17) is 4.74 Å². The second-order valence-electron chi connectivity index (χ2n) is 5.74. The molecule has 0 radical (unpaired) electrons. The first-order valence-corrected chi connectivity index (χ1v) is 9.49. The van der Waals surface area contributed by atoms with Crippen LogP contribution in [0, 0.1) is 5.92 Å². The fraction of sp³-hybridized carbons (Fsp3) is 0.562. The molecule has 0 aliphatic carbocycles. The van der Waals surface area contributed by atoms with E-state index in [0.717, 1.165) is 25.9 Å². The molecule has 1 heterocycles. The van der Waals surface area contributed by atoms with Crippen LogP contribution in [0.15, 0.2) is 29.2 Å². The second kappa shape index (κ2) is 9.98. The molecule has 136 valence electrons. The van der Waals surface area contributed by atoms with Crippen LogP contribution in [0.1, 0.15) is 23.2 Å². The summed E-state index contributed by atoms with van der Waals surface area (Å²) in [5.41, 5.74) is 0.472. The number of amides is 1. The summed E-state index contributed by atoms with van der Waals surface area (Å²) < 4.78 is 28.8. The molecule has 1 fully saturated rings. The number of carbonyl (C=O) groups excluding carboxylic acids is 1. The summed E-state index contributed by atoms with van der Waals surface area (Å²) in [6.45, 7) is 2.86. The number of sulfone groups is 1. The van der Waals surface area contributed by atoms with Crippen molar-refractivity contribution in [2.24, 2.45) is 5.92 Å². The van der Waals surface area contributed by atoms with Crippen molar-refractivity contribution in [2.45, 2.75) is 17.7 Å². The summed E-state index contributed by atoms with van der Waals surface area (Å²) in [6.07, 6.45) is 2.12. The number of nitrogens with one attached hydrogen (secondary N) is 2. The predicted octanol–water partition coefficient (Wildman–Crippen LogP) is 1.26. The molecule has 6 nitrogen and oxygen atoms in total. The fourth-order valence-corrected chi connectivity index (χ4v) is 3.75. The van der Waals surface area contributed by atoms with E-state index >= 15 is 0 Å². The van der Waals surface area contributed by atoms with E-state index in [1.807, 2.05) is 0 Å². The maximum Gasteiger partial charge on any atom is 0.251 e. The van der Waals surface area contributed by atoms with Crippen molar-refractivity contribution in [1.82, 2.24) is 10.6 Å². The number of benzene rings is 1. The summed E-state index contributed by atoms with van der Waals surface area (Å²) in [7, 11) is -1.89. The SMILES string of the molecule is COCCS(=O)(=O)c1ccc(C(=O)NCCC2CCNC2)cc1.Cl. The Morgan fingerprint density at radius 2 is 2.04 bits per heavy atom. The molecule has 1 saturated heterocycles. The number of halogens is 1. The van der Waals surface area contributed by atoms with Crippen LogP contribution >= 0.6 is 12.4 Å². The van der Waals surface area contributed by atoms with Gasteiger partial charge in [0, 0.05) is 19.2 Å². The Hall–Kier alpha value is -1.15. The van der Waals surface area contributed by atoms with Crippen molar-refractivity contribution in [3.8, 4) is 0 Å². The van der Waals surface area contributed by atoms with Crippen LogP contribution in [0.4, 0.5) is 0 Å². The molecule has 24 heavy (non-hydrogen) atoms. The standard InChI is InChI=1S/C16H24N2O4S.ClH/c1-22-10-11-23(20,21)15-4-2-14(3-5-15)16(19)18-9-7-13-6-8-17-12-13;/h2-5,13,17H,6-12H2,1H3,(H,18,19);1H. The molecule has 0 saturated carbocycles. The Kier molecular flexibility index (Phi) is 8.69. The van der Waals surface area contributed by atoms with E-state index in [1.54, 1.807) is 12.1 Å². The Morgan fingerprint density at radius 1 is 1.33 bits per heavy atom. The average molecular weight is 377 g/mol. The van der Waals surface area contributed by atoms with Gasteiger partial charge in [-0.1, -0.05) is 0 Å². The van der Waals surface area contributed by atoms with E-state index in [9.17, 15) is 13.2 Å². The van der Waals surface area contributed by atoms with Crippen molar-refractivity contribution in [3.05, 3.63) is 29.8 Å². The first-order valence-electron chi connectivity index (χ1n) is 7.83. The number of rotatable bonds is 8. The molecule has 1 amide bonds. The maximum atomic E-state index is 12.1. The first kappa shape index (κ1) is 20.9. The lowest BCUT2D eigenvalue weighted by Gasteiger charge is -2.10. The van der Waals surface area contributed by atoms with Gasteiger partial charge < -0.3 is 15.4 Å². The van der Waals surface area contributed by atoms with Gasteiger partial charge in [0.15, 0.2) is 9.84 Å². The van der Waals surface area contributed by atoms with Crippen LogP contribution in [0.3, 0.4) is 0 Å². The van der Waals surface area contributed by atoms with Crippen LogP contribution in [0.25, 0.3) is 0 Å². The highest BCUT2D eigenvalue weighted by molar-refractivity contribution is 7.91. The molecule has 8 heteroatoms. The normalized spacial score (nSPS) is 17.3. The van der Waals surface area contributed by atoms with Gasteiger partial charge in [0.25, 0.3) is 5.91 Å². The summed E-state index contributed by atoms with van der Waals surface area (Å²) in [4.78, 5) is 12.3. The third-order valence-electron chi connectivity index (χ3n) is 4.03. The third-order valence-corrected chi connectivity index (χ3v) is 5.73. The van der Waals surface area contributed by atoms with E-state index < -0.39 is 9.84 Å². The molecule has 1 aliphatic heterocycles. The van der Waals surface area contributed by atoms with Gasteiger partial charge in [-0.25, -0.2) is 8.42 Å². The topological polar surface area (TPSA) is 84.5 Å². The molecule has 1 aliphatic rings. The molecule has 1 aromatic carbocycles. The van der Waals surface area contributed by atoms with Gasteiger partial charge in [0.05, 0.1) is 17.3 Å². The van der Waals surface area contributed by atoms with E-state index in [0.29, 0.717) is 18.0 Å². The van der Waals surface area contributed by atoms with Gasteiger partial charge in [-0.2, -0.15) is 0 Å². The minimum atomic E-state index is -3.36. The maximum absolute atomic E-state index is 12.1. The molecule has 1 atom stereocenters. The zero-order valence-electron chi connectivity index (χ0n) is 13.8. The van der Waals surface area contributed by atoms with Gasteiger partial charge >= 0.3 is 0 Å². The highest BCUT2D eigenvalue weighted by Gasteiger charge is 2.16. The molecule has 0 spiro atoms. The highest BCUT2D eigenvalue weighted by atomic mass is 35.5. The fourth-order valence-electron chi connectivity index (χ4n) is 2.58. The Labute approximate surface area is 149 Å². The van der Waals surface area contributed by atoms with Crippen molar-refractivity contribution in [2.75, 3.05) is 39.1 Å². The largest absolute Gasteiger partial charge is 0.384 e. The molecule has 0 bridgehead atoms. The number of hydrogen-bond acceptors (Lipinski definition) is 5. The summed E-state index contributed by atoms with van der Waals surface area (Å²) in [6, 6.07) is 6.04. The van der Waals surface area contributed by atoms with Gasteiger partial charge in [-0.05, 0) is 56.1 Å². The monoisotopic (exact) mass is 376 g/mol. The lowest BCUT2D eigenvalue weighted by Crippen LogP contribution is -2.26. The van der Waals surface area contributed by atoms with Crippen molar-refractivity contribution < 1.29 is 17.9 Å². The van der Waals surface area contributed by atoms with Crippen molar-refractivity contribution >= 4 is 28.2 Å². The number of carbonyl (C=O) groups is 1. The highest BCUT2D eigenvalue weighted by Crippen LogP contribution is 2.13. The predicted molar refractivity (Wildman–Crippen MR) is 95.5 cm³/mol. The van der Waals surface area contributed by atoms with Crippen molar-refractivity contribution in [1.29, 1.82) is 0 Å². The first-order chi connectivity index (χ1) is 11.0. The van der Waals surface area contributed by atoms with E-state index in [2.05, 4.69) is 10.6 Å². The van der Waals surface area contributed by atoms with Crippen LogP contribution < -0.4 is 10.6 Å². The molecule has 2 N–H and O–H groups in total.